The van der Waals surface area contributed by atoms with Gasteiger partial charge in [0, 0.05) is 0 Å². The molecule has 3 atom stereocenters. The SMILES string of the molecule is COC(=O)[C@@H]1CCC[C@@H]2O[C@@H]21. The Hall–Kier alpha value is -0.570. The fourth-order valence-electron chi connectivity index (χ4n) is 1.85. The first-order chi connectivity index (χ1) is 5.33. The van der Waals surface area contributed by atoms with Crippen molar-refractivity contribution >= 4 is 5.97 Å². The molecule has 0 amide bonds. The maximum atomic E-state index is 11.1. The quantitative estimate of drug-likeness (QED) is 0.415. The van der Waals surface area contributed by atoms with Gasteiger partial charge < -0.3 is 9.47 Å². The van der Waals surface area contributed by atoms with Gasteiger partial charge in [-0.05, 0) is 19.3 Å². The lowest BCUT2D eigenvalue weighted by atomic mass is 9.89. The van der Waals surface area contributed by atoms with E-state index in [4.69, 9.17) is 4.74 Å². The number of methoxy groups -OCH3 is 1. The average Bonchev–Trinajstić information content (AvgIpc) is 2.80. The molecule has 3 nitrogen and oxygen atoms in total. The van der Waals surface area contributed by atoms with Crippen molar-refractivity contribution < 1.29 is 14.3 Å². The molecule has 0 spiro atoms. The summed E-state index contributed by atoms with van der Waals surface area (Å²) in [5.41, 5.74) is 0. The maximum absolute atomic E-state index is 11.1. The number of esters is 1. The molecule has 1 aliphatic carbocycles. The summed E-state index contributed by atoms with van der Waals surface area (Å²) in [6.45, 7) is 0. The Morgan fingerprint density at radius 2 is 2.36 bits per heavy atom. The summed E-state index contributed by atoms with van der Waals surface area (Å²) in [7, 11) is 1.44. The van der Waals surface area contributed by atoms with Gasteiger partial charge in [-0.2, -0.15) is 0 Å². The largest absolute Gasteiger partial charge is 0.469 e. The topological polar surface area (TPSA) is 38.8 Å². The molecule has 1 saturated carbocycles. The van der Waals surface area contributed by atoms with E-state index in [0.29, 0.717) is 6.10 Å². The molecule has 1 aliphatic heterocycles. The molecule has 62 valence electrons. The number of hydrogen-bond acceptors (Lipinski definition) is 3. The second-order valence-electron chi connectivity index (χ2n) is 3.20. The lowest BCUT2D eigenvalue weighted by molar-refractivity contribution is -0.146. The smallest absolute Gasteiger partial charge is 0.311 e. The van der Waals surface area contributed by atoms with Crippen LogP contribution >= 0.6 is 0 Å². The van der Waals surface area contributed by atoms with Crippen LogP contribution in [0.1, 0.15) is 19.3 Å². The Morgan fingerprint density at radius 1 is 1.55 bits per heavy atom. The molecule has 11 heavy (non-hydrogen) atoms. The first kappa shape index (κ1) is 7.10. The van der Waals surface area contributed by atoms with Gasteiger partial charge >= 0.3 is 5.97 Å². The number of epoxide rings is 1. The molecule has 0 radical (unpaired) electrons. The second kappa shape index (κ2) is 2.48. The van der Waals surface area contributed by atoms with Gasteiger partial charge in [0.2, 0.25) is 0 Å². The standard InChI is InChI=1S/C8H12O3/c1-10-8(9)5-3-2-4-6-7(5)11-6/h5-7H,2-4H2,1H3/t5-,6+,7-/m1/s1. The minimum absolute atomic E-state index is 0.0266. The predicted octanol–water partition coefficient (Wildman–Crippen LogP) is 0.727. The predicted molar refractivity (Wildman–Crippen MR) is 38.0 cm³/mol. The Bertz CT molecular complexity index is 178. The van der Waals surface area contributed by atoms with Crippen LogP contribution in [0.25, 0.3) is 0 Å². The van der Waals surface area contributed by atoms with Crippen molar-refractivity contribution in [2.75, 3.05) is 7.11 Å². The zero-order valence-electron chi connectivity index (χ0n) is 6.58. The van der Waals surface area contributed by atoms with Crippen LogP contribution in [-0.4, -0.2) is 25.3 Å². The van der Waals surface area contributed by atoms with Crippen LogP contribution in [0, 0.1) is 5.92 Å². The number of hydrogen-bond donors (Lipinski definition) is 0. The van der Waals surface area contributed by atoms with Gasteiger partial charge in [-0.3, -0.25) is 4.79 Å². The molecule has 0 aromatic carbocycles. The van der Waals surface area contributed by atoms with Crippen LogP contribution in [0.3, 0.4) is 0 Å². The van der Waals surface area contributed by atoms with E-state index in [2.05, 4.69) is 4.74 Å². The summed E-state index contributed by atoms with van der Waals surface area (Å²) in [5, 5.41) is 0. The molecule has 0 bridgehead atoms. The zero-order chi connectivity index (χ0) is 7.84. The van der Waals surface area contributed by atoms with Crippen molar-refractivity contribution in [2.24, 2.45) is 5.92 Å². The summed E-state index contributed by atoms with van der Waals surface area (Å²) in [4.78, 5) is 11.1. The molecule has 3 heteroatoms. The number of carbonyl (C=O) groups is 1. The number of carbonyl (C=O) groups excluding carboxylic acids is 1. The zero-order valence-corrected chi connectivity index (χ0v) is 6.58. The molecule has 0 aromatic rings. The van der Waals surface area contributed by atoms with Gasteiger partial charge in [-0.1, -0.05) is 0 Å². The van der Waals surface area contributed by atoms with E-state index in [1.54, 1.807) is 0 Å². The van der Waals surface area contributed by atoms with Crippen LogP contribution in [0.4, 0.5) is 0 Å². The van der Waals surface area contributed by atoms with Crippen molar-refractivity contribution in [3.63, 3.8) is 0 Å². The van der Waals surface area contributed by atoms with Gasteiger partial charge in [-0.15, -0.1) is 0 Å². The summed E-state index contributed by atoms with van der Waals surface area (Å²) < 4.78 is 9.98. The van der Waals surface area contributed by atoms with E-state index in [9.17, 15) is 4.79 Å². The average molecular weight is 156 g/mol. The fraction of sp³-hybridized carbons (Fsp3) is 0.875. The molecular formula is C8H12O3. The maximum Gasteiger partial charge on any atom is 0.311 e. The molecule has 0 aromatic heterocycles. The summed E-state index contributed by atoms with van der Waals surface area (Å²) >= 11 is 0. The first-order valence-electron chi connectivity index (χ1n) is 4.06. The Kier molecular flexibility index (Phi) is 1.60. The van der Waals surface area contributed by atoms with E-state index < -0.39 is 0 Å². The van der Waals surface area contributed by atoms with Crippen LogP contribution in [0.5, 0.6) is 0 Å². The second-order valence-corrected chi connectivity index (χ2v) is 3.20. The van der Waals surface area contributed by atoms with Crippen LogP contribution < -0.4 is 0 Å². The molecule has 2 rings (SSSR count). The van der Waals surface area contributed by atoms with Crippen LogP contribution in [0.2, 0.25) is 0 Å². The monoisotopic (exact) mass is 156 g/mol. The van der Waals surface area contributed by atoms with Gasteiger partial charge in [0.05, 0.1) is 25.2 Å². The van der Waals surface area contributed by atoms with Crippen LogP contribution in [0.15, 0.2) is 0 Å². The molecule has 0 unspecified atom stereocenters. The van der Waals surface area contributed by atoms with Crippen LogP contribution in [-0.2, 0) is 14.3 Å². The van der Waals surface area contributed by atoms with E-state index in [1.807, 2.05) is 0 Å². The van der Waals surface area contributed by atoms with E-state index in [0.717, 1.165) is 19.3 Å². The van der Waals surface area contributed by atoms with E-state index in [1.165, 1.54) is 7.11 Å². The third kappa shape index (κ3) is 1.13. The van der Waals surface area contributed by atoms with Crippen molar-refractivity contribution in [3.8, 4) is 0 Å². The Balaban J connectivity index is 1.97. The Labute approximate surface area is 65.7 Å². The van der Waals surface area contributed by atoms with Crippen molar-refractivity contribution in [1.82, 2.24) is 0 Å². The molecule has 2 aliphatic rings. The van der Waals surface area contributed by atoms with Crippen molar-refractivity contribution in [1.29, 1.82) is 0 Å². The number of ether oxygens (including phenoxy) is 2. The van der Waals surface area contributed by atoms with Crippen molar-refractivity contribution in [2.45, 2.75) is 31.5 Å². The highest BCUT2D eigenvalue weighted by atomic mass is 16.6. The first-order valence-corrected chi connectivity index (χ1v) is 4.06. The molecule has 1 heterocycles. The summed E-state index contributed by atoms with van der Waals surface area (Å²) in [6.07, 6.45) is 3.72. The highest BCUT2D eigenvalue weighted by molar-refractivity contribution is 5.73. The minimum atomic E-state index is -0.0998. The third-order valence-corrected chi connectivity index (χ3v) is 2.53. The normalized spacial score (nSPS) is 41.0. The third-order valence-electron chi connectivity index (χ3n) is 2.53. The molecular weight excluding hydrogens is 144 g/mol. The van der Waals surface area contributed by atoms with E-state index >= 15 is 0 Å². The van der Waals surface area contributed by atoms with Crippen molar-refractivity contribution in [3.05, 3.63) is 0 Å². The lowest BCUT2D eigenvalue weighted by Crippen LogP contribution is -2.25. The molecule has 0 N–H and O–H groups in total. The van der Waals surface area contributed by atoms with E-state index in [-0.39, 0.29) is 18.0 Å². The number of fused-ring (bicyclic) bond motifs is 1. The highest BCUT2D eigenvalue weighted by Gasteiger charge is 2.50. The molecule has 2 fully saturated rings. The van der Waals surface area contributed by atoms with Gasteiger partial charge in [0.25, 0.3) is 0 Å². The van der Waals surface area contributed by atoms with Gasteiger partial charge in [-0.25, -0.2) is 0 Å². The summed E-state index contributed by atoms with van der Waals surface area (Å²) in [6, 6.07) is 0. The van der Waals surface area contributed by atoms with Gasteiger partial charge in [0.1, 0.15) is 0 Å². The minimum Gasteiger partial charge on any atom is -0.469 e. The highest BCUT2D eigenvalue weighted by Crippen LogP contribution is 2.40. The lowest BCUT2D eigenvalue weighted by Gasteiger charge is -2.14. The Morgan fingerprint density at radius 3 is 3.09 bits per heavy atom. The fourth-order valence-corrected chi connectivity index (χ4v) is 1.85. The van der Waals surface area contributed by atoms with Gasteiger partial charge in [0.15, 0.2) is 0 Å². The summed E-state index contributed by atoms with van der Waals surface area (Å²) in [5.74, 6) is -0.0732. The number of rotatable bonds is 1. The molecule has 1 saturated heterocycles.